The van der Waals surface area contributed by atoms with Crippen molar-refractivity contribution in [1.29, 1.82) is 0 Å². The topological polar surface area (TPSA) is 26.3 Å². The van der Waals surface area contributed by atoms with Gasteiger partial charge in [0, 0.05) is 6.42 Å². The molecule has 0 atom stereocenters. The molecular formula is C44H80O2. The van der Waals surface area contributed by atoms with E-state index < -0.39 is 0 Å². The fourth-order valence-corrected chi connectivity index (χ4v) is 6.04. The third-order valence-electron chi connectivity index (χ3n) is 9.31. The number of carbonyl (C=O) groups excluding carboxylic acids is 1. The monoisotopic (exact) mass is 641 g/mol. The number of esters is 1. The van der Waals surface area contributed by atoms with E-state index in [-0.39, 0.29) is 5.97 Å². The van der Waals surface area contributed by atoms with E-state index in [9.17, 15) is 4.79 Å². The van der Waals surface area contributed by atoms with Crippen molar-refractivity contribution in [3.63, 3.8) is 0 Å². The van der Waals surface area contributed by atoms with E-state index in [1.165, 1.54) is 151 Å². The Morgan fingerprint density at radius 3 is 1.11 bits per heavy atom. The quantitative estimate of drug-likeness (QED) is 0.0405. The van der Waals surface area contributed by atoms with Crippen molar-refractivity contribution in [2.75, 3.05) is 6.61 Å². The second-order valence-corrected chi connectivity index (χ2v) is 14.6. The van der Waals surface area contributed by atoms with Gasteiger partial charge in [-0.15, -0.1) is 0 Å². The van der Waals surface area contributed by atoms with Crippen LogP contribution >= 0.6 is 0 Å². The molecule has 0 bridgehead atoms. The molecule has 0 aliphatic carbocycles. The lowest BCUT2D eigenvalue weighted by atomic mass is 10.0. The first-order valence-electron chi connectivity index (χ1n) is 20.1. The summed E-state index contributed by atoms with van der Waals surface area (Å²) in [7, 11) is 0. The van der Waals surface area contributed by atoms with Crippen LogP contribution in [0, 0.1) is 0 Å². The fraction of sp³-hybridized carbons (Fsp3) is 0.795. The number of hydrogen-bond donors (Lipinski definition) is 0. The largest absolute Gasteiger partial charge is 0.461 e. The molecule has 0 unspecified atom stereocenters. The van der Waals surface area contributed by atoms with Crippen molar-refractivity contribution < 1.29 is 9.53 Å². The van der Waals surface area contributed by atoms with Gasteiger partial charge in [-0.05, 0) is 85.6 Å². The van der Waals surface area contributed by atoms with Gasteiger partial charge in [-0.1, -0.05) is 176 Å². The molecular weight excluding hydrogens is 560 g/mol. The highest BCUT2D eigenvalue weighted by Crippen LogP contribution is 2.16. The van der Waals surface area contributed by atoms with Gasteiger partial charge >= 0.3 is 5.97 Å². The van der Waals surface area contributed by atoms with Crippen LogP contribution in [-0.2, 0) is 9.53 Å². The Labute approximate surface area is 289 Å². The van der Waals surface area contributed by atoms with Gasteiger partial charge in [0.1, 0.15) is 6.61 Å². The third-order valence-corrected chi connectivity index (χ3v) is 9.31. The number of hydrogen-bond acceptors (Lipinski definition) is 2. The van der Waals surface area contributed by atoms with E-state index in [2.05, 4.69) is 65.8 Å². The molecule has 2 nitrogen and oxygen atoms in total. The number of ether oxygens (including phenoxy) is 1. The van der Waals surface area contributed by atoms with Crippen LogP contribution in [0.4, 0.5) is 0 Å². The summed E-state index contributed by atoms with van der Waals surface area (Å²) in [4.78, 5) is 12.1. The van der Waals surface area contributed by atoms with Crippen LogP contribution in [0.5, 0.6) is 0 Å². The highest BCUT2D eigenvalue weighted by atomic mass is 16.5. The van der Waals surface area contributed by atoms with Gasteiger partial charge in [0.15, 0.2) is 0 Å². The van der Waals surface area contributed by atoms with Crippen LogP contribution in [0.2, 0.25) is 0 Å². The van der Waals surface area contributed by atoms with Gasteiger partial charge in [-0.25, -0.2) is 0 Å². The summed E-state index contributed by atoms with van der Waals surface area (Å²) >= 11 is 0. The molecule has 0 heterocycles. The molecule has 2 heteroatoms. The molecule has 0 fully saturated rings. The van der Waals surface area contributed by atoms with Crippen molar-refractivity contribution in [3.05, 3.63) is 46.6 Å². The van der Waals surface area contributed by atoms with E-state index >= 15 is 0 Å². The lowest BCUT2D eigenvalue weighted by Crippen LogP contribution is -2.04. The SMILES string of the molecule is CCCCCCCCCCCCCCCCCCCCCCCC(=O)OCC=C(C)CCC=C(C)CCC=C(C)CCC=C(C)C. The first-order chi connectivity index (χ1) is 22.3. The van der Waals surface area contributed by atoms with Gasteiger partial charge in [0.2, 0.25) is 0 Å². The fourth-order valence-electron chi connectivity index (χ4n) is 6.04. The Kier molecular flexibility index (Phi) is 33.6. The molecule has 46 heavy (non-hydrogen) atoms. The van der Waals surface area contributed by atoms with E-state index in [1.807, 2.05) is 0 Å². The van der Waals surface area contributed by atoms with Crippen molar-refractivity contribution in [2.24, 2.45) is 0 Å². The Bertz CT molecular complexity index is 808. The van der Waals surface area contributed by atoms with Gasteiger partial charge in [-0.2, -0.15) is 0 Å². The summed E-state index contributed by atoms with van der Waals surface area (Å²) in [5, 5.41) is 0. The van der Waals surface area contributed by atoms with Crippen LogP contribution in [0.15, 0.2) is 46.6 Å². The molecule has 0 amide bonds. The van der Waals surface area contributed by atoms with Crippen LogP contribution in [0.3, 0.4) is 0 Å². The minimum absolute atomic E-state index is 0.0400. The van der Waals surface area contributed by atoms with Crippen LogP contribution < -0.4 is 0 Å². The molecule has 0 aromatic heterocycles. The summed E-state index contributed by atoms with van der Waals surface area (Å²) in [5.74, 6) is -0.0400. The highest BCUT2D eigenvalue weighted by molar-refractivity contribution is 5.69. The van der Waals surface area contributed by atoms with Gasteiger partial charge in [-0.3, -0.25) is 4.79 Å². The molecule has 268 valence electrons. The van der Waals surface area contributed by atoms with Crippen molar-refractivity contribution in [3.8, 4) is 0 Å². The number of rotatable bonds is 33. The molecule has 0 N–H and O–H groups in total. The summed E-state index contributed by atoms with van der Waals surface area (Å²) in [6.45, 7) is 13.7. The Morgan fingerprint density at radius 2 is 0.739 bits per heavy atom. The highest BCUT2D eigenvalue weighted by Gasteiger charge is 2.02. The van der Waals surface area contributed by atoms with Gasteiger partial charge < -0.3 is 4.74 Å². The first-order valence-corrected chi connectivity index (χ1v) is 20.1. The van der Waals surface area contributed by atoms with E-state index in [1.54, 1.807) is 0 Å². The lowest BCUT2D eigenvalue weighted by Gasteiger charge is -2.05. The van der Waals surface area contributed by atoms with E-state index in [0.29, 0.717) is 13.0 Å². The number of unbranched alkanes of at least 4 members (excludes halogenated alkanes) is 20. The zero-order valence-electron chi connectivity index (χ0n) is 32.1. The van der Waals surface area contributed by atoms with E-state index in [0.717, 1.165) is 44.9 Å². The summed E-state index contributed by atoms with van der Waals surface area (Å²) in [6.07, 6.45) is 45.4. The maximum atomic E-state index is 12.1. The normalized spacial score (nSPS) is 12.5. The second-order valence-electron chi connectivity index (χ2n) is 14.6. The zero-order chi connectivity index (χ0) is 33.9. The Morgan fingerprint density at radius 1 is 0.413 bits per heavy atom. The molecule has 0 spiro atoms. The molecule has 0 aliphatic heterocycles. The lowest BCUT2D eigenvalue weighted by molar-refractivity contribution is -0.142. The van der Waals surface area contributed by atoms with Crippen molar-refractivity contribution in [2.45, 2.75) is 221 Å². The number of allylic oxidation sites excluding steroid dienone is 7. The minimum atomic E-state index is -0.0400. The average molecular weight is 641 g/mol. The minimum Gasteiger partial charge on any atom is -0.461 e. The summed E-state index contributed by atoms with van der Waals surface area (Å²) < 4.78 is 5.46. The maximum Gasteiger partial charge on any atom is 0.306 e. The Balaban J connectivity index is 3.54. The Hall–Kier alpha value is -1.57. The maximum absolute atomic E-state index is 12.1. The van der Waals surface area contributed by atoms with Gasteiger partial charge in [0.05, 0.1) is 0 Å². The van der Waals surface area contributed by atoms with Crippen LogP contribution in [0.25, 0.3) is 0 Å². The molecule has 0 saturated heterocycles. The molecule has 0 saturated carbocycles. The average Bonchev–Trinajstić information content (AvgIpc) is 3.01. The molecule has 0 aromatic rings. The summed E-state index contributed by atoms with van der Waals surface area (Å²) in [6, 6.07) is 0. The standard InChI is InChI=1S/C44H80O2/c1-7-8-9-10-11-12-13-14-15-16-17-18-19-20-21-22-23-24-25-26-27-37-44(45)46-39-38-43(6)36-30-35-42(5)34-29-33-41(4)32-28-31-40(2)3/h31,33,35,38H,7-30,32,34,36-37,39H2,1-6H3. The molecule has 0 radical (unpaired) electrons. The predicted octanol–water partition coefficient (Wildman–Crippen LogP) is 15.3. The smallest absolute Gasteiger partial charge is 0.306 e. The van der Waals surface area contributed by atoms with E-state index in [4.69, 9.17) is 4.74 Å². The molecule has 0 aromatic carbocycles. The first kappa shape index (κ1) is 44.4. The van der Waals surface area contributed by atoms with Gasteiger partial charge in [0.25, 0.3) is 0 Å². The summed E-state index contributed by atoms with van der Waals surface area (Å²) in [5.41, 5.74) is 5.68. The van der Waals surface area contributed by atoms with Crippen molar-refractivity contribution >= 4 is 5.97 Å². The zero-order valence-corrected chi connectivity index (χ0v) is 32.1. The van der Waals surface area contributed by atoms with Crippen LogP contribution in [-0.4, -0.2) is 12.6 Å². The van der Waals surface area contributed by atoms with Crippen LogP contribution in [0.1, 0.15) is 221 Å². The molecule has 0 aliphatic rings. The number of carbonyl (C=O) groups is 1. The predicted molar refractivity (Wildman–Crippen MR) is 207 cm³/mol. The van der Waals surface area contributed by atoms with Crippen molar-refractivity contribution in [1.82, 2.24) is 0 Å². The second kappa shape index (κ2) is 34.8. The molecule has 0 rings (SSSR count). The third kappa shape index (κ3) is 35.3.